The van der Waals surface area contributed by atoms with E-state index in [9.17, 15) is 23.2 Å². The van der Waals surface area contributed by atoms with Gasteiger partial charge < -0.3 is 4.98 Å². The standard InChI is InChI=1S/C20H17F3N4O/c1-10(2)16-17(26-18-13(8-24)9-25-27(18)19(16)28)12-5-6-14(11-3-4-11)15(7-12)20(21,22)23/h5-7,9-11,26H,3-4H2,1-2H3. The highest BCUT2D eigenvalue weighted by atomic mass is 19.4. The van der Waals surface area contributed by atoms with Crippen LogP contribution in [-0.4, -0.2) is 14.6 Å². The van der Waals surface area contributed by atoms with Crippen molar-refractivity contribution in [3.8, 4) is 17.3 Å². The van der Waals surface area contributed by atoms with E-state index in [0.29, 0.717) is 11.1 Å². The van der Waals surface area contributed by atoms with Gasteiger partial charge in [-0.3, -0.25) is 4.79 Å². The van der Waals surface area contributed by atoms with Crippen molar-refractivity contribution in [3.05, 3.63) is 57.0 Å². The molecule has 0 unspecified atom stereocenters. The number of nitrogens with zero attached hydrogens (tertiary/aromatic N) is 3. The summed E-state index contributed by atoms with van der Waals surface area (Å²) in [5.74, 6) is -0.313. The molecule has 2 aromatic heterocycles. The summed E-state index contributed by atoms with van der Waals surface area (Å²) >= 11 is 0. The third-order valence-corrected chi connectivity index (χ3v) is 5.07. The van der Waals surface area contributed by atoms with E-state index >= 15 is 0 Å². The predicted octanol–water partition coefficient (Wildman–Crippen LogP) is 4.58. The number of H-pyrrole nitrogens is 1. The van der Waals surface area contributed by atoms with Gasteiger partial charge in [-0.05, 0) is 41.9 Å². The second-order valence-electron chi connectivity index (χ2n) is 7.38. The first kappa shape index (κ1) is 18.3. The average Bonchev–Trinajstić information content (AvgIpc) is 3.39. The molecule has 0 spiro atoms. The van der Waals surface area contributed by atoms with Crippen LogP contribution in [0.15, 0.2) is 29.2 Å². The molecule has 1 saturated carbocycles. The van der Waals surface area contributed by atoms with Crippen LogP contribution in [-0.2, 0) is 6.18 Å². The smallest absolute Gasteiger partial charge is 0.338 e. The van der Waals surface area contributed by atoms with Crippen LogP contribution in [0.5, 0.6) is 0 Å². The Balaban J connectivity index is 2.02. The highest BCUT2D eigenvalue weighted by molar-refractivity contribution is 5.69. The van der Waals surface area contributed by atoms with E-state index in [-0.39, 0.29) is 34.3 Å². The minimum atomic E-state index is -4.48. The molecule has 2 heterocycles. The number of hydrogen-bond donors (Lipinski definition) is 1. The summed E-state index contributed by atoms with van der Waals surface area (Å²) in [5, 5.41) is 13.2. The van der Waals surface area contributed by atoms with E-state index in [1.807, 2.05) is 6.07 Å². The van der Waals surface area contributed by atoms with Crippen LogP contribution >= 0.6 is 0 Å². The van der Waals surface area contributed by atoms with Crippen LogP contribution in [0.3, 0.4) is 0 Å². The summed E-state index contributed by atoms with van der Waals surface area (Å²) in [6, 6.07) is 6.15. The Hall–Kier alpha value is -3.08. The molecular weight excluding hydrogens is 369 g/mol. The number of alkyl halides is 3. The lowest BCUT2D eigenvalue weighted by atomic mass is 9.94. The molecule has 0 aliphatic heterocycles. The molecule has 1 aliphatic carbocycles. The van der Waals surface area contributed by atoms with Crippen LogP contribution < -0.4 is 5.56 Å². The zero-order valence-electron chi connectivity index (χ0n) is 15.3. The molecule has 144 valence electrons. The molecule has 0 radical (unpaired) electrons. The van der Waals surface area contributed by atoms with Gasteiger partial charge in [0.05, 0.1) is 17.5 Å². The Bertz CT molecular complexity index is 1180. The molecule has 5 nitrogen and oxygen atoms in total. The number of aromatic amines is 1. The Morgan fingerprint density at radius 3 is 2.61 bits per heavy atom. The zero-order valence-corrected chi connectivity index (χ0v) is 15.3. The fourth-order valence-electron chi connectivity index (χ4n) is 3.58. The fraction of sp³-hybridized carbons (Fsp3) is 0.350. The number of aromatic nitrogens is 3. The Morgan fingerprint density at radius 1 is 1.32 bits per heavy atom. The molecule has 4 rings (SSSR count). The maximum absolute atomic E-state index is 13.7. The average molecular weight is 386 g/mol. The first-order valence-corrected chi connectivity index (χ1v) is 8.98. The Labute approximate surface area is 158 Å². The maximum atomic E-state index is 13.7. The van der Waals surface area contributed by atoms with Gasteiger partial charge in [0.25, 0.3) is 5.56 Å². The topological polar surface area (TPSA) is 73.9 Å². The van der Waals surface area contributed by atoms with Crippen LogP contribution in [0.2, 0.25) is 0 Å². The van der Waals surface area contributed by atoms with Crippen molar-refractivity contribution in [1.29, 1.82) is 5.26 Å². The van der Waals surface area contributed by atoms with Crippen molar-refractivity contribution in [2.75, 3.05) is 0 Å². The van der Waals surface area contributed by atoms with Crippen molar-refractivity contribution >= 4 is 5.65 Å². The highest BCUT2D eigenvalue weighted by Crippen LogP contribution is 2.47. The number of nitriles is 1. The zero-order chi connectivity index (χ0) is 20.2. The largest absolute Gasteiger partial charge is 0.416 e. The lowest BCUT2D eigenvalue weighted by molar-refractivity contribution is -0.138. The van der Waals surface area contributed by atoms with Crippen LogP contribution in [0.1, 0.15) is 60.8 Å². The summed E-state index contributed by atoms with van der Waals surface area (Å²) in [6.45, 7) is 3.58. The molecule has 1 N–H and O–H groups in total. The molecule has 3 aromatic rings. The van der Waals surface area contributed by atoms with Crippen molar-refractivity contribution in [2.45, 2.75) is 44.7 Å². The molecule has 1 aliphatic rings. The predicted molar refractivity (Wildman–Crippen MR) is 97.0 cm³/mol. The molecule has 0 bridgehead atoms. The Morgan fingerprint density at radius 2 is 2.04 bits per heavy atom. The third kappa shape index (κ3) is 2.87. The monoisotopic (exact) mass is 386 g/mol. The van der Waals surface area contributed by atoms with E-state index in [1.54, 1.807) is 19.9 Å². The quantitative estimate of drug-likeness (QED) is 0.716. The lowest BCUT2D eigenvalue weighted by Crippen LogP contribution is -2.22. The lowest BCUT2D eigenvalue weighted by Gasteiger charge is -2.17. The van der Waals surface area contributed by atoms with Crippen LogP contribution in [0, 0.1) is 11.3 Å². The summed E-state index contributed by atoms with van der Waals surface area (Å²) in [4.78, 5) is 15.9. The van der Waals surface area contributed by atoms with Gasteiger partial charge in [-0.2, -0.15) is 28.0 Å². The summed E-state index contributed by atoms with van der Waals surface area (Å²) < 4.78 is 42.1. The molecular formula is C20H17F3N4O. The van der Waals surface area contributed by atoms with Crippen LogP contribution in [0.25, 0.3) is 16.9 Å². The number of benzene rings is 1. The fourth-order valence-corrected chi connectivity index (χ4v) is 3.58. The Kier molecular flexibility index (Phi) is 4.07. The maximum Gasteiger partial charge on any atom is 0.416 e. The highest BCUT2D eigenvalue weighted by Gasteiger charge is 2.38. The number of nitrogens with one attached hydrogen (secondary N) is 1. The van der Waals surface area contributed by atoms with Gasteiger partial charge in [0, 0.05) is 5.56 Å². The van der Waals surface area contributed by atoms with E-state index in [1.165, 1.54) is 12.3 Å². The molecule has 1 aromatic carbocycles. The van der Waals surface area contributed by atoms with Gasteiger partial charge in [-0.25, -0.2) is 0 Å². The molecule has 0 saturated heterocycles. The second-order valence-corrected chi connectivity index (χ2v) is 7.38. The minimum absolute atomic E-state index is 0.0585. The van der Waals surface area contributed by atoms with E-state index in [4.69, 9.17) is 0 Å². The van der Waals surface area contributed by atoms with Gasteiger partial charge >= 0.3 is 6.18 Å². The number of fused-ring (bicyclic) bond motifs is 1. The van der Waals surface area contributed by atoms with Crippen molar-refractivity contribution in [3.63, 3.8) is 0 Å². The van der Waals surface area contributed by atoms with Gasteiger partial charge in [-0.15, -0.1) is 0 Å². The summed E-state index contributed by atoms with van der Waals surface area (Å²) in [6.07, 6.45) is -1.71. The van der Waals surface area contributed by atoms with Gasteiger partial charge in [0.1, 0.15) is 11.6 Å². The summed E-state index contributed by atoms with van der Waals surface area (Å²) in [5.41, 5.74) is 0.394. The minimum Gasteiger partial charge on any atom is -0.338 e. The normalized spacial score (nSPS) is 14.6. The second kappa shape index (κ2) is 6.23. The van der Waals surface area contributed by atoms with Crippen LogP contribution in [0.4, 0.5) is 13.2 Å². The molecule has 0 amide bonds. The van der Waals surface area contributed by atoms with Gasteiger partial charge in [0.15, 0.2) is 5.65 Å². The van der Waals surface area contributed by atoms with E-state index in [2.05, 4.69) is 10.1 Å². The molecule has 1 fully saturated rings. The van der Waals surface area contributed by atoms with Crippen molar-refractivity contribution in [2.24, 2.45) is 0 Å². The number of halogens is 3. The first-order valence-electron chi connectivity index (χ1n) is 8.98. The van der Waals surface area contributed by atoms with Gasteiger partial charge in [-0.1, -0.05) is 26.0 Å². The van der Waals surface area contributed by atoms with Crippen molar-refractivity contribution < 1.29 is 13.2 Å². The SMILES string of the molecule is CC(C)c1c(-c2ccc(C3CC3)c(C(F)(F)F)c2)[nH]c2c(C#N)cnn2c1=O. The van der Waals surface area contributed by atoms with E-state index < -0.39 is 17.3 Å². The first-order chi connectivity index (χ1) is 13.2. The number of hydrogen-bond acceptors (Lipinski definition) is 3. The van der Waals surface area contributed by atoms with Crippen molar-refractivity contribution in [1.82, 2.24) is 14.6 Å². The van der Waals surface area contributed by atoms with E-state index in [0.717, 1.165) is 23.4 Å². The van der Waals surface area contributed by atoms with Gasteiger partial charge in [0.2, 0.25) is 0 Å². The molecule has 8 heteroatoms. The number of rotatable bonds is 3. The molecule has 28 heavy (non-hydrogen) atoms. The third-order valence-electron chi connectivity index (χ3n) is 5.07. The molecule has 0 atom stereocenters. The summed E-state index contributed by atoms with van der Waals surface area (Å²) in [7, 11) is 0.